The number of hydrogen-bond donors (Lipinski definition) is 1. The van der Waals surface area contributed by atoms with Crippen LogP contribution in [0.2, 0.25) is 0 Å². The number of benzene rings is 1. The van der Waals surface area contributed by atoms with Crippen LogP contribution >= 0.6 is 0 Å². The second kappa shape index (κ2) is 5.47. The van der Waals surface area contributed by atoms with E-state index in [1.165, 1.54) is 0 Å². The number of hydrogen-bond acceptors (Lipinski definition) is 3. The average Bonchev–Trinajstić information content (AvgIpc) is 3.07. The van der Waals surface area contributed by atoms with E-state index in [1.807, 2.05) is 38.4 Å². The minimum absolute atomic E-state index is 0.146. The molecule has 0 fully saturated rings. The summed E-state index contributed by atoms with van der Waals surface area (Å²) < 4.78 is 1.82. The molecule has 0 spiro atoms. The van der Waals surface area contributed by atoms with Gasteiger partial charge in [0, 0.05) is 17.9 Å². The number of aromatic nitrogens is 2. The van der Waals surface area contributed by atoms with Gasteiger partial charge in [0.15, 0.2) is 0 Å². The van der Waals surface area contributed by atoms with Crippen molar-refractivity contribution in [3.8, 4) is 0 Å². The highest BCUT2D eigenvalue weighted by molar-refractivity contribution is 6.09. The minimum atomic E-state index is -0.917. The topological polar surface area (TPSA) is 75.4 Å². The molecule has 1 aliphatic heterocycles. The summed E-state index contributed by atoms with van der Waals surface area (Å²) in [5.74, 6) is -1.82. The van der Waals surface area contributed by atoms with Gasteiger partial charge >= 0.3 is 5.97 Å². The Bertz CT molecular complexity index is 817. The Labute approximate surface area is 140 Å². The molecular formula is C18H21N3O3. The van der Waals surface area contributed by atoms with Crippen LogP contribution in [0.5, 0.6) is 0 Å². The molecule has 2 heterocycles. The zero-order valence-corrected chi connectivity index (χ0v) is 14.3. The standard InChI is InChI=1S/C18H21N3O3/c1-11-13(9-19-21(11)18(2,3)4)16(22)20-10-14(17(23)24)12-7-5-6-8-15(12)20/h5-9,14H,10H2,1-4H3,(H,23,24). The highest BCUT2D eigenvalue weighted by Gasteiger charge is 2.37. The lowest BCUT2D eigenvalue weighted by Crippen LogP contribution is -2.32. The van der Waals surface area contributed by atoms with E-state index in [9.17, 15) is 14.7 Å². The Morgan fingerprint density at radius 1 is 1.25 bits per heavy atom. The number of nitrogens with zero attached hydrogens (tertiary/aromatic N) is 3. The van der Waals surface area contributed by atoms with Crippen LogP contribution in [0.25, 0.3) is 0 Å². The quantitative estimate of drug-likeness (QED) is 0.920. The lowest BCUT2D eigenvalue weighted by atomic mass is 10.0. The number of rotatable bonds is 2. The molecular weight excluding hydrogens is 306 g/mol. The SMILES string of the molecule is Cc1c(C(=O)N2CC(C(=O)O)c3ccccc32)cnn1C(C)(C)C. The molecule has 1 aliphatic rings. The van der Waals surface area contributed by atoms with Crippen molar-refractivity contribution >= 4 is 17.6 Å². The van der Waals surface area contributed by atoms with Crippen molar-refractivity contribution in [1.29, 1.82) is 0 Å². The lowest BCUT2D eigenvalue weighted by Gasteiger charge is -2.22. The number of amides is 1. The summed E-state index contributed by atoms with van der Waals surface area (Å²) in [5.41, 5.74) is 2.40. The van der Waals surface area contributed by atoms with E-state index < -0.39 is 11.9 Å². The van der Waals surface area contributed by atoms with E-state index in [0.717, 1.165) is 5.69 Å². The second-order valence-electron chi connectivity index (χ2n) is 7.09. The number of carboxylic acids is 1. The van der Waals surface area contributed by atoms with Crippen LogP contribution in [-0.2, 0) is 10.3 Å². The van der Waals surface area contributed by atoms with Gasteiger partial charge < -0.3 is 10.0 Å². The Morgan fingerprint density at radius 3 is 2.50 bits per heavy atom. The van der Waals surface area contributed by atoms with Crippen LogP contribution in [0.4, 0.5) is 5.69 Å². The van der Waals surface area contributed by atoms with Crippen molar-refractivity contribution in [3.05, 3.63) is 47.3 Å². The highest BCUT2D eigenvalue weighted by atomic mass is 16.4. The maximum absolute atomic E-state index is 13.0. The number of carbonyl (C=O) groups excluding carboxylic acids is 1. The van der Waals surface area contributed by atoms with Gasteiger partial charge in [0.1, 0.15) is 5.92 Å². The van der Waals surface area contributed by atoms with Crippen molar-refractivity contribution < 1.29 is 14.7 Å². The average molecular weight is 327 g/mol. The maximum atomic E-state index is 13.0. The van der Waals surface area contributed by atoms with Crippen LogP contribution in [0.3, 0.4) is 0 Å². The van der Waals surface area contributed by atoms with Gasteiger partial charge in [0.25, 0.3) is 5.91 Å². The van der Waals surface area contributed by atoms with Gasteiger partial charge in [-0.25, -0.2) is 0 Å². The first kappa shape index (κ1) is 16.2. The summed E-state index contributed by atoms with van der Waals surface area (Å²) in [6.07, 6.45) is 1.57. The summed E-state index contributed by atoms with van der Waals surface area (Å²) in [6, 6.07) is 7.17. The molecule has 1 aromatic heterocycles. The van der Waals surface area contributed by atoms with Gasteiger partial charge in [0.2, 0.25) is 0 Å². The fourth-order valence-corrected chi connectivity index (χ4v) is 3.25. The van der Waals surface area contributed by atoms with Gasteiger partial charge in [-0.3, -0.25) is 14.3 Å². The van der Waals surface area contributed by atoms with Crippen LogP contribution in [0.1, 0.15) is 48.3 Å². The zero-order valence-electron chi connectivity index (χ0n) is 14.3. The van der Waals surface area contributed by atoms with Gasteiger partial charge in [-0.1, -0.05) is 18.2 Å². The number of carboxylic acid groups (broad SMARTS) is 1. The number of anilines is 1. The normalized spacial score (nSPS) is 17.0. The summed E-state index contributed by atoms with van der Waals surface area (Å²) >= 11 is 0. The van der Waals surface area contributed by atoms with Crippen molar-refractivity contribution in [1.82, 2.24) is 9.78 Å². The monoisotopic (exact) mass is 327 g/mol. The Morgan fingerprint density at radius 2 is 1.92 bits per heavy atom. The molecule has 2 aromatic rings. The predicted molar refractivity (Wildman–Crippen MR) is 90.5 cm³/mol. The molecule has 0 aliphatic carbocycles. The van der Waals surface area contributed by atoms with Crippen molar-refractivity contribution in [2.24, 2.45) is 0 Å². The van der Waals surface area contributed by atoms with E-state index in [2.05, 4.69) is 5.10 Å². The van der Waals surface area contributed by atoms with E-state index in [-0.39, 0.29) is 18.0 Å². The van der Waals surface area contributed by atoms with Gasteiger partial charge in [-0.05, 0) is 39.3 Å². The van der Waals surface area contributed by atoms with Crippen molar-refractivity contribution in [2.45, 2.75) is 39.2 Å². The third-order valence-electron chi connectivity index (χ3n) is 4.39. The van der Waals surface area contributed by atoms with Crippen molar-refractivity contribution in [3.63, 3.8) is 0 Å². The molecule has 6 nitrogen and oxygen atoms in total. The van der Waals surface area contributed by atoms with Gasteiger partial charge in [-0.2, -0.15) is 5.10 Å². The molecule has 126 valence electrons. The maximum Gasteiger partial charge on any atom is 0.312 e. The van der Waals surface area contributed by atoms with Gasteiger partial charge in [0.05, 0.1) is 17.3 Å². The van der Waals surface area contributed by atoms with E-state index in [4.69, 9.17) is 0 Å². The minimum Gasteiger partial charge on any atom is -0.481 e. The number of aliphatic carboxylic acids is 1. The third kappa shape index (κ3) is 2.48. The second-order valence-corrected chi connectivity index (χ2v) is 7.09. The molecule has 6 heteroatoms. The van der Waals surface area contributed by atoms with Crippen LogP contribution < -0.4 is 4.90 Å². The van der Waals surface area contributed by atoms with E-state index >= 15 is 0 Å². The van der Waals surface area contributed by atoms with Gasteiger partial charge in [-0.15, -0.1) is 0 Å². The molecule has 0 saturated heterocycles. The van der Waals surface area contributed by atoms with E-state index in [1.54, 1.807) is 29.3 Å². The molecule has 1 aromatic carbocycles. The molecule has 1 unspecified atom stereocenters. The first-order valence-electron chi connectivity index (χ1n) is 7.90. The predicted octanol–water partition coefficient (Wildman–Crippen LogP) is 2.78. The molecule has 1 N–H and O–H groups in total. The summed E-state index contributed by atoms with van der Waals surface area (Å²) in [6.45, 7) is 8.07. The largest absolute Gasteiger partial charge is 0.481 e. The van der Waals surface area contributed by atoms with E-state index in [0.29, 0.717) is 16.8 Å². The molecule has 24 heavy (non-hydrogen) atoms. The number of fused-ring (bicyclic) bond motifs is 1. The molecule has 0 radical (unpaired) electrons. The highest BCUT2D eigenvalue weighted by Crippen LogP contribution is 2.37. The van der Waals surface area contributed by atoms with Crippen LogP contribution in [0, 0.1) is 6.92 Å². The summed E-state index contributed by atoms with van der Waals surface area (Å²) in [4.78, 5) is 26.1. The fraction of sp³-hybridized carbons (Fsp3) is 0.389. The Kier molecular flexibility index (Phi) is 3.70. The van der Waals surface area contributed by atoms with Crippen molar-refractivity contribution in [2.75, 3.05) is 11.4 Å². The molecule has 1 atom stereocenters. The first-order valence-corrected chi connectivity index (χ1v) is 7.90. The fourth-order valence-electron chi connectivity index (χ4n) is 3.25. The summed E-state index contributed by atoms with van der Waals surface area (Å²) in [5, 5.41) is 13.8. The first-order chi connectivity index (χ1) is 11.2. The zero-order chi connectivity index (χ0) is 17.6. The van der Waals surface area contributed by atoms with Crippen LogP contribution in [0.15, 0.2) is 30.5 Å². The molecule has 1 amide bonds. The third-order valence-corrected chi connectivity index (χ3v) is 4.39. The molecule has 0 bridgehead atoms. The molecule has 3 rings (SSSR count). The summed E-state index contributed by atoms with van der Waals surface area (Å²) in [7, 11) is 0. The number of para-hydroxylation sites is 1. The molecule has 0 saturated carbocycles. The Balaban J connectivity index is 2.01. The Hall–Kier alpha value is -2.63. The van der Waals surface area contributed by atoms with Crippen LogP contribution in [-0.4, -0.2) is 33.3 Å². The smallest absolute Gasteiger partial charge is 0.312 e. The number of carbonyl (C=O) groups is 2. The lowest BCUT2D eigenvalue weighted by molar-refractivity contribution is -0.138.